The molecule has 2 nitrogen and oxygen atoms in total. The molecule has 0 aromatic heterocycles. The highest BCUT2D eigenvalue weighted by Crippen LogP contribution is 2.19. The van der Waals surface area contributed by atoms with Crippen LogP contribution in [0.25, 0.3) is 0 Å². The van der Waals surface area contributed by atoms with E-state index in [9.17, 15) is 0 Å². The van der Waals surface area contributed by atoms with Gasteiger partial charge in [-0.2, -0.15) is 0 Å². The quantitative estimate of drug-likeness (QED) is 0.705. The average Bonchev–Trinajstić information content (AvgIpc) is 2.28. The van der Waals surface area contributed by atoms with Gasteiger partial charge in [0.25, 0.3) is 0 Å². The van der Waals surface area contributed by atoms with Crippen molar-refractivity contribution in [1.82, 2.24) is 4.90 Å². The summed E-state index contributed by atoms with van der Waals surface area (Å²) >= 11 is 0. The fourth-order valence-electron chi connectivity index (χ4n) is 2.57. The molecule has 0 aliphatic carbocycles. The van der Waals surface area contributed by atoms with Crippen LogP contribution >= 0.6 is 0 Å². The van der Waals surface area contributed by atoms with Gasteiger partial charge in [0.15, 0.2) is 0 Å². The molecule has 0 aromatic carbocycles. The first-order chi connectivity index (χ1) is 7.65. The maximum atomic E-state index is 6.14. The Morgan fingerprint density at radius 3 is 2.69 bits per heavy atom. The van der Waals surface area contributed by atoms with E-state index in [4.69, 9.17) is 5.73 Å². The van der Waals surface area contributed by atoms with E-state index in [0.717, 1.165) is 12.6 Å². The molecule has 1 saturated heterocycles. The monoisotopic (exact) mass is 226 g/mol. The largest absolute Gasteiger partial charge is 0.326 e. The molecule has 1 fully saturated rings. The van der Waals surface area contributed by atoms with Gasteiger partial charge >= 0.3 is 0 Å². The van der Waals surface area contributed by atoms with E-state index < -0.39 is 0 Å². The lowest BCUT2D eigenvalue weighted by molar-refractivity contribution is 0.122. The highest BCUT2D eigenvalue weighted by molar-refractivity contribution is 4.83. The lowest BCUT2D eigenvalue weighted by atomic mass is 9.92. The minimum absolute atomic E-state index is 0.395. The van der Waals surface area contributed by atoms with Crippen LogP contribution in [-0.4, -0.2) is 30.1 Å². The smallest absolute Gasteiger partial charge is 0.0194 e. The molecule has 0 radical (unpaired) electrons. The van der Waals surface area contributed by atoms with Gasteiger partial charge in [0.05, 0.1) is 0 Å². The summed E-state index contributed by atoms with van der Waals surface area (Å²) in [6.07, 6.45) is 8.14. The number of likely N-dealkylation sites (tertiary alicyclic amines) is 1. The van der Waals surface area contributed by atoms with E-state index in [0.29, 0.717) is 12.0 Å². The molecular formula is C14H30N2. The van der Waals surface area contributed by atoms with Crippen molar-refractivity contribution in [2.24, 2.45) is 11.7 Å². The van der Waals surface area contributed by atoms with Crippen molar-refractivity contribution in [2.45, 2.75) is 71.4 Å². The summed E-state index contributed by atoms with van der Waals surface area (Å²) in [7, 11) is 0. The molecule has 16 heavy (non-hydrogen) atoms. The Hall–Kier alpha value is -0.0800. The number of unbranched alkanes of at least 4 members (excludes halogenated alkanes) is 3. The predicted molar refractivity (Wildman–Crippen MR) is 71.6 cm³/mol. The normalized spacial score (nSPS) is 29.2. The van der Waals surface area contributed by atoms with E-state index in [1.54, 1.807) is 0 Å². The zero-order chi connectivity index (χ0) is 12.0. The Morgan fingerprint density at radius 1 is 1.31 bits per heavy atom. The number of piperidine rings is 1. The van der Waals surface area contributed by atoms with Crippen molar-refractivity contribution >= 4 is 0 Å². The van der Waals surface area contributed by atoms with Crippen LogP contribution in [-0.2, 0) is 0 Å². The molecule has 0 aromatic rings. The van der Waals surface area contributed by atoms with Gasteiger partial charge < -0.3 is 5.73 Å². The molecular weight excluding hydrogens is 196 g/mol. The van der Waals surface area contributed by atoms with Crippen LogP contribution in [0.2, 0.25) is 0 Å². The SMILES string of the molecule is CCCCCCC(C)N1CCC(C)C(N)C1. The van der Waals surface area contributed by atoms with Gasteiger partial charge in [-0.15, -0.1) is 0 Å². The van der Waals surface area contributed by atoms with Crippen molar-refractivity contribution in [3.63, 3.8) is 0 Å². The molecule has 3 unspecified atom stereocenters. The number of nitrogens with two attached hydrogens (primary N) is 1. The highest BCUT2D eigenvalue weighted by Gasteiger charge is 2.25. The summed E-state index contributed by atoms with van der Waals surface area (Å²) in [6, 6.07) is 1.13. The van der Waals surface area contributed by atoms with Crippen molar-refractivity contribution < 1.29 is 0 Å². The summed E-state index contributed by atoms with van der Waals surface area (Å²) in [5.74, 6) is 0.712. The highest BCUT2D eigenvalue weighted by atomic mass is 15.2. The summed E-state index contributed by atoms with van der Waals surface area (Å²) in [5.41, 5.74) is 6.14. The van der Waals surface area contributed by atoms with Crippen LogP contribution in [0.1, 0.15) is 59.3 Å². The fourth-order valence-corrected chi connectivity index (χ4v) is 2.57. The Bertz CT molecular complexity index is 182. The van der Waals surface area contributed by atoms with Crippen LogP contribution in [0, 0.1) is 5.92 Å². The third-order valence-corrected chi connectivity index (χ3v) is 4.15. The Labute approximate surface area is 102 Å². The average molecular weight is 226 g/mol. The molecule has 1 aliphatic heterocycles. The van der Waals surface area contributed by atoms with E-state index in [1.165, 1.54) is 45.1 Å². The van der Waals surface area contributed by atoms with Gasteiger partial charge in [0.2, 0.25) is 0 Å². The van der Waals surface area contributed by atoms with E-state index >= 15 is 0 Å². The molecule has 0 amide bonds. The van der Waals surface area contributed by atoms with Crippen LogP contribution < -0.4 is 5.73 Å². The topological polar surface area (TPSA) is 29.3 Å². The molecule has 0 bridgehead atoms. The van der Waals surface area contributed by atoms with Gasteiger partial charge in [-0.05, 0) is 32.2 Å². The lowest BCUT2D eigenvalue weighted by Crippen LogP contribution is -2.50. The van der Waals surface area contributed by atoms with Gasteiger partial charge in [0.1, 0.15) is 0 Å². The molecule has 2 heteroatoms. The number of hydrogen-bond donors (Lipinski definition) is 1. The molecule has 1 heterocycles. The van der Waals surface area contributed by atoms with E-state index in [-0.39, 0.29) is 0 Å². The molecule has 1 rings (SSSR count). The maximum absolute atomic E-state index is 6.14. The van der Waals surface area contributed by atoms with E-state index in [2.05, 4.69) is 25.7 Å². The number of nitrogens with zero attached hydrogens (tertiary/aromatic N) is 1. The van der Waals surface area contributed by atoms with Gasteiger partial charge in [-0.1, -0.05) is 39.5 Å². The second-order valence-electron chi connectivity index (χ2n) is 5.62. The minimum Gasteiger partial charge on any atom is -0.326 e. The molecule has 96 valence electrons. The van der Waals surface area contributed by atoms with Gasteiger partial charge in [-0.3, -0.25) is 4.90 Å². The van der Waals surface area contributed by atoms with Gasteiger partial charge in [0, 0.05) is 18.6 Å². The zero-order valence-electron chi connectivity index (χ0n) is 11.4. The third-order valence-electron chi connectivity index (χ3n) is 4.15. The second kappa shape index (κ2) is 7.29. The molecule has 0 spiro atoms. The van der Waals surface area contributed by atoms with Crippen molar-refractivity contribution in [3.05, 3.63) is 0 Å². The maximum Gasteiger partial charge on any atom is 0.0194 e. The molecule has 0 saturated carbocycles. The standard InChI is InChI=1S/C14H30N2/c1-4-5-6-7-8-13(3)16-10-9-12(2)14(15)11-16/h12-14H,4-11,15H2,1-3H3. The Balaban J connectivity index is 2.18. The first-order valence-corrected chi connectivity index (χ1v) is 7.14. The van der Waals surface area contributed by atoms with Crippen LogP contribution in [0.15, 0.2) is 0 Å². The number of hydrogen-bond acceptors (Lipinski definition) is 2. The van der Waals surface area contributed by atoms with Crippen LogP contribution in [0.3, 0.4) is 0 Å². The summed E-state index contributed by atoms with van der Waals surface area (Å²) in [4.78, 5) is 2.59. The molecule has 2 N–H and O–H groups in total. The van der Waals surface area contributed by atoms with E-state index in [1.807, 2.05) is 0 Å². The first-order valence-electron chi connectivity index (χ1n) is 7.14. The molecule has 1 aliphatic rings. The number of rotatable bonds is 6. The summed E-state index contributed by atoms with van der Waals surface area (Å²) in [6.45, 7) is 9.29. The van der Waals surface area contributed by atoms with Crippen LogP contribution in [0.4, 0.5) is 0 Å². The molecule has 3 atom stereocenters. The zero-order valence-corrected chi connectivity index (χ0v) is 11.4. The fraction of sp³-hybridized carbons (Fsp3) is 1.00. The van der Waals surface area contributed by atoms with Crippen molar-refractivity contribution in [3.8, 4) is 0 Å². The van der Waals surface area contributed by atoms with Crippen molar-refractivity contribution in [1.29, 1.82) is 0 Å². The minimum atomic E-state index is 0.395. The Morgan fingerprint density at radius 2 is 2.06 bits per heavy atom. The lowest BCUT2D eigenvalue weighted by Gasteiger charge is -2.38. The van der Waals surface area contributed by atoms with Crippen LogP contribution in [0.5, 0.6) is 0 Å². The van der Waals surface area contributed by atoms with Crippen molar-refractivity contribution in [2.75, 3.05) is 13.1 Å². The summed E-state index contributed by atoms with van der Waals surface area (Å²) < 4.78 is 0. The van der Waals surface area contributed by atoms with Gasteiger partial charge in [-0.25, -0.2) is 0 Å². The Kier molecular flexibility index (Phi) is 6.37. The first kappa shape index (κ1) is 14.0. The second-order valence-corrected chi connectivity index (χ2v) is 5.62. The third kappa shape index (κ3) is 4.42. The predicted octanol–water partition coefficient (Wildman–Crippen LogP) is 3.01. The summed E-state index contributed by atoms with van der Waals surface area (Å²) in [5, 5.41) is 0.